The molecule has 0 aromatic heterocycles. The number of carbonyl (C=O) groups is 1. The molecule has 18 heavy (non-hydrogen) atoms. The Morgan fingerprint density at radius 2 is 2.11 bits per heavy atom. The standard InChI is InChI=1S/C14H22N2O2/c1-9-5-11(3)14(18-4)12(6-9)16-13(17)7-10(2)8-15/h5-6,10H,7-8,15H2,1-4H3,(H,16,17). The zero-order chi connectivity index (χ0) is 13.7. The van der Waals surface area contributed by atoms with Crippen LogP contribution in [0.1, 0.15) is 24.5 Å². The van der Waals surface area contributed by atoms with E-state index in [1.165, 1.54) is 0 Å². The normalized spacial score (nSPS) is 12.1. The van der Waals surface area contributed by atoms with Crippen molar-refractivity contribution in [2.75, 3.05) is 19.0 Å². The van der Waals surface area contributed by atoms with Gasteiger partial charge in [0.25, 0.3) is 0 Å². The number of aryl methyl sites for hydroxylation is 2. The van der Waals surface area contributed by atoms with Crippen molar-refractivity contribution in [3.63, 3.8) is 0 Å². The second-order valence-electron chi connectivity index (χ2n) is 4.76. The first kappa shape index (κ1) is 14.5. The zero-order valence-corrected chi connectivity index (χ0v) is 11.5. The lowest BCUT2D eigenvalue weighted by atomic mass is 10.1. The molecule has 0 fully saturated rings. The van der Waals surface area contributed by atoms with E-state index in [9.17, 15) is 4.79 Å². The fourth-order valence-electron chi connectivity index (χ4n) is 1.92. The predicted molar refractivity (Wildman–Crippen MR) is 73.9 cm³/mol. The molecule has 0 aliphatic heterocycles. The van der Waals surface area contributed by atoms with Crippen LogP contribution in [0, 0.1) is 19.8 Å². The predicted octanol–water partition coefficient (Wildman–Crippen LogP) is 2.24. The van der Waals surface area contributed by atoms with Gasteiger partial charge >= 0.3 is 0 Å². The van der Waals surface area contributed by atoms with Crippen LogP contribution < -0.4 is 15.8 Å². The Labute approximate surface area is 109 Å². The number of carbonyl (C=O) groups excluding carboxylic acids is 1. The number of nitrogens with one attached hydrogen (secondary N) is 1. The maximum absolute atomic E-state index is 11.9. The van der Waals surface area contributed by atoms with Crippen molar-refractivity contribution in [3.8, 4) is 5.75 Å². The average Bonchev–Trinajstić information content (AvgIpc) is 2.28. The maximum atomic E-state index is 11.9. The summed E-state index contributed by atoms with van der Waals surface area (Å²) < 4.78 is 5.32. The lowest BCUT2D eigenvalue weighted by molar-refractivity contribution is -0.116. The molecule has 0 spiro atoms. The molecule has 1 amide bonds. The van der Waals surface area contributed by atoms with Gasteiger partial charge < -0.3 is 15.8 Å². The van der Waals surface area contributed by atoms with Gasteiger partial charge in [0, 0.05) is 6.42 Å². The summed E-state index contributed by atoms with van der Waals surface area (Å²) >= 11 is 0. The summed E-state index contributed by atoms with van der Waals surface area (Å²) in [6.45, 7) is 6.42. The molecule has 100 valence electrons. The lowest BCUT2D eigenvalue weighted by Gasteiger charge is -2.15. The van der Waals surface area contributed by atoms with Crippen molar-refractivity contribution in [2.24, 2.45) is 11.7 Å². The molecule has 1 aromatic carbocycles. The Morgan fingerprint density at radius 1 is 1.44 bits per heavy atom. The van der Waals surface area contributed by atoms with Crippen LogP contribution in [-0.4, -0.2) is 19.6 Å². The highest BCUT2D eigenvalue weighted by Gasteiger charge is 2.12. The molecule has 0 bridgehead atoms. The van der Waals surface area contributed by atoms with Gasteiger partial charge in [-0.25, -0.2) is 0 Å². The van der Waals surface area contributed by atoms with E-state index in [0.29, 0.717) is 18.7 Å². The fourth-order valence-corrected chi connectivity index (χ4v) is 1.92. The summed E-state index contributed by atoms with van der Waals surface area (Å²) in [4.78, 5) is 11.9. The molecule has 4 nitrogen and oxygen atoms in total. The van der Waals surface area contributed by atoms with Gasteiger partial charge in [-0.3, -0.25) is 4.79 Å². The van der Waals surface area contributed by atoms with E-state index >= 15 is 0 Å². The minimum Gasteiger partial charge on any atom is -0.494 e. The number of benzene rings is 1. The molecule has 0 radical (unpaired) electrons. The molecule has 0 aliphatic carbocycles. The van der Waals surface area contributed by atoms with E-state index in [-0.39, 0.29) is 11.8 Å². The zero-order valence-electron chi connectivity index (χ0n) is 11.5. The van der Waals surface area contributed by atoms with Gasteiger partial charge in [0.15, 0.2) is 0 Å². The minimum absolute atomic E-state index is 0.0312. The van der Waals surface area contributed by atoms with Crippen LogP contribution in [0.25, 0.3) is 0 Å². The smallest absolute Gasteiger partial charge is 0.224 e. The Morgan fingerprint density at radius 3 is 2.67 bits per heavy atom. The molecule has 1 unspecified atom stereocenters. The highest BCUT2D eigenvalue weighted by Crippen LogP contribution is 2.30. The van der Waals surface area contributed by atoms with Gasteiger partial charge in [0.05, 0.1) is 12.8 Å². The van der Waals surface area contributed by atoms with Gasteiger partial charge in [-0.2, -0.15) is 0 Å². The quantitative estimate of drug-likeness (QED) is 0.842. The molecule has 0 aliphatic rings. The van der Waals surface area contributed by atoms with Gasteiger partial charge in [-0.15, -0.1) is 0 Å². The van der Waals surface area contributed by atoms with Crippen LogP contribution in [-0.2, 0) is 4.79 Å². The molecule has 1 aromatic rings. The molecule has 3 N–H and O–H groups in total. The van der Waals surface area contributed by atoms with E-state index in [1.807, 2.05) is 32.9 Å². The summed E-state index contributed by atoms with van der Waals surface area (Å²) in [5.41, 5.74) is 8.35. The summed E-state index contributed by atoms with van der Waals surface area (Å²) in [6, 6.07) is 3.94. The maximum Gasteiger partial charge on any atom is 0.224 e. The van der Waals surface area contributed by atoms with Crippen molar-refractivity contribution >= 4 is 11.6 Å². The van der Waals surface area contributed by atoms with Crippen LogP contribution in [0.2, 0.25) is 0 Å². The lowest BCUT2D eigenvalue weighted by Crippen LogP contribution is -2.20. The summed E-state index contributed by atoms with van der Waals surface area (Å²) in [5.74, 6) is 0.868. The highest BCUT2D eigenvalue weighted by molar-refractivity contribution is 5.92. The van der Waals surface area contributed by atoms with Crippen molar-refractivity contribution in [3.05, 3.63) is 23.3 Å². The number of methoxy groups -OCH3 is 1. The number of nitrogens with two attached hydrogens (primary N) is 1. The van der Waals surface area contributed by atoms with Crippen LogP contribution in [0.3, 0.4) is 0 Å². The molecule has 0 heterocycles. The van der Waals surface area contributed by atoms with Crippen LogP contribution in [0.15, 0.2) is 12.1 Å². The Bertz CT molecular complexity index is 430. The van der Waals surface area contributed by atoms with Gasteiger partial charge in [0.1, 0.15) is 5.75 Å². The first-order valence-electron chi connectivity index (χ1n) is 6.13. The molecular weight excluding hydrogens is 228 g/mol. The van der Waals surface area contributed by atoms with Crippen LogP contribution in [0.4, 0.5) is 5.69 Å². The van der Waals surface area contributed by atoms with E-state index in [1.54, 1.807) is 7.11 Å². The first-order valence-corrected chi connectivity index (χ1v) is 6.13. The number of ether oxygens (including phenoxy) is 1. The van der Waals surface area contributed by atoms with Gasteiger partial charge in [-0.05, 0) is 43.5 Å². The van der Waals surface area contributed by atoms with Crippen molar-refractivity contribution in [1.82, 2.24) is 0 Å². The molecule has 1 rings (SSSR count). The Kier molecular flexibility index (Phi) is 5.16. The second kappa shape index (κ2) is 6.40. The van der Waals surface area contributed by atoms with E-state index in [4.69, 9.17) is 10.5 Å². The Hall–Kier alpha value is -1.55. The number of amides is 1. The SMILES string of the molecule is COc1c(C)cc(C)cc1NC(=O)CC(C)CN. The molecule has 0 saturated carbocycles. The minimum atomic E-state index is -0.0312. The van der Waals surface area contributed by atoms with Gasteiger partial charge in [0.2, 0.25) is 5.91 Å². The molecular formula is C14H22N2O2. The summed E-state index contributed by atoms with van der Waals surface area (Å²) in [7, 11) is 1.61. The van der Waals surface area contributed by atoms with Crippen molar-refractivity contribution < 1.29 is 9.53 Å². The van der Waals surface area contributed by atoms with E-state index < -0.39 is 0 Å². The number of hydrogen-bond donors (Lipinski definition) is 2. The summed E-state index contributed by atoms with van der Waals surface area (Å²) in [5, 5.41) is 2.89. The van der Waals surface area contributed by atoms with Gasteiger partial charge in [-0.1, -0.05) is 13.0 Å². The highest BCUT2D eigenvalue weighted by atomic mass is 16.5. The van der Waals surface area contributed by atoms with Crippen LogP contribution >= 0.6 is 0 Å². The third kappa shape index (κ3) is 3.74. The molecule has 1 atom stereocenters. The monoisotopic (exact) mass is 250 g/mol. The number of anilines is 1. The second-order valence-corrected chi connectivity index (χ2v) is 4.76. The molecule has 0 saturated heterocycles. The third-order valence-corrected chi connectivity index (χ3v) is 2.83. The molecule has 4 heteroatoms. The van der Waals surface area contributed by atoms with E-state index in [2.05, 4.69) is 5.32 Å². The van der Waals surface area contributed by atoms with E-state index in [0.717, 1.165) is 16.8 Å². The number of hydrogen-bond acceptors (Lipinski definition) is 3. The fraction of sp³-hybridized carbons (Fsp3) is 0.500. The Balaban J connectivity index is 2.86. The topological polar surface area (TPSA) is 64.3 Å². The van der Waals surface area contributed by atoms with Crippen molar-refractivity contribution in [2.45, 2.75) is 27.2 Å². The number of rotatable bonds is 5. The first-order chi connectivity index (χ1) is 8.47. The largest absolute Gasteiger partial charge is 0.494 e. The van der Waals surface area contributed by atoms with Crippen molar-refractivity contribution in [1.29, 1.82) is 0 Å². The summed E-state index contributed by atoms with van der Waals surface area (Å²) in [6.07, 6.45) is 0.423. The third-order valence-electron chi connectivity index (χ3n) is 2.83. The van der Waals surface area contributed by atoms with Crippen LogP contribution in [0.5, 0.6) is 5.75 Å². The average molecular weight is 250 g/mol.